The molecule has 4 N–H and O–H groups in total. The molecule has 1 aliphatic heterocycles. The first-order chi connectivity index (χ1) is 10.9. The third-order valence-corrected chi connectivity index (χ3v) is 3.97. The molecule has 1 aliphatic rings. The van der Waals surface area contributed by atoms with Crippen molar-refractivity contribution in [2.75, 3.05) is 7.11 Å². The standard InChI is InChI=1S/C16H23N3O4/c1-9(2)14(16(21)22)17-15(20)13-8-12(18-19-13)10-4-6-11(23-3)7-5-10/h4-7,9,12-14,18-19H,8H2,1-3H3,(H,17,20)(H,21,22)/t12?,13?,14-/m1/s1. The maximum atomic E-state index is 12.2. The topological polar surface area (TPSA) is 99.7 Å². The third kappa shape index (κ3) is 4.20. The van der Waals surface area contributed by atoms with Gasteiger partial charge in [-0.15, -0.1) is 0 Å². The number of carbonyl (C=O) groups is 2. The van der Waals surface area contributed by atoms with Crippen LogP contribution in [0.3, 0.4) is 0 Å². The zero-order valence-electron chi connectivity index (χ0n) is 13.5. The molecule has 1 heterocycles. The first kappa shape index (κ1) is 17.2. The molecule has 2 unspecified atom stereocenters. The molecule has 1 amide bonds. The first-order valence-electron chi connectivity index (χ1n) is 7.60. The highest BCUT2D eigenvalue weighted by Crippen LogP contribution is 2.24. The molecule has 1 aromatic carbocycles. The van der Waals surface area contributed by atoms with Gasteiger partial charge in [0.1, 0.15) is 17.8 Å². The summed E-state index contributed by atoms with van der Waals surface area (Å²) in [6.45, 7) is 3.53. The van der Waals surface area contributed by atoms with Crippen molar-refractivity contribution in [2.24, 2.45) is 5.92 Å². The molecule has 1 fully saturated rings. The number of benzene rings is 1. The van der Waals surface area contributed by atoms with Crippen LogP contribution in [0.4, 0.5) is 0 Å². The Kier molecular flexibility index (Phi) is 5.57. The molecule has 3 atom stereocenters. The van der Waals surface area contributed by atoms with Crippen molar-refractivity contribution in [3.05, 3.63) is 29.8 Å². The van der Waals surface area contributed by atoms with Gasteiger partial charge in [-0.25, -0.2) is 15.6 Å². The number of hydrogen-bond acceptors (Lipinski definition) is 5. The zero-order chi connectivity index (χ0) is 17.0. The second-order valence-corrected chi connectivity index (χ2v) is 5.97. The van der Waals surface area contributed by atoms with Crippen LogP contribution in [0, 0.1) is 5.92 Å². The number of hydrogen-bond donors (Lipinski definition) is 4. The highest BCUT2D eigenvalue weighted by atomic mass is 16.5. The Morgan fingerprint density at radius 1 is 1.26 bits per heavy atom. The van der Waals surface area contributed by atoms with Gasteiger partial charge in [-0.05, 0) is 30.0 Å². The molecule has 0 spiro atoms. The SMILES string of the molecule is COc1ccc(C2CC(C(=O)N[C@@H](C(=O)O)C(C)C)NN2)cc1. The molecule has 0 bridgehead atoms. The van der Waals surface area contributed by atoms with Gasteiger partial charge in [-0.2, -0.15) is 0 Å². The Labute approximate surface area is 135 Å². The quantitative estimate of drug-likeness (QED) is 0.619. The van der Waals surface area contributed by atoms with Crippen LogP contribution in [-0.4, -0.2) is 36.2 Å². The fraction of sp³-hybridized carbons (Fsp3) is 0.500. The van der Waals surface area contributed by atoms with Crippen LogP contribution in [0.2, 0.25) is 0 Å². The van der Waals surface area contributed by atoms with Gasteiger partial charge in [0.25, 0.3) is 0 Å². The van der Waals surface area contributed by atoms with Gasteiger partial charge in [0.2, 0.25) is 5.91 Å². The zero-order valence-corrected chi connectivity index (χ0v) is 13.5. The van der Waals surface area contributed by atoms with Gasteiger partial charge in [0.15, 0.2) is 0 Å². The monoisotopic (exact) mass is 321 g/mol. The molecule has 1 aromatic rings. The number of hydrazine groups is 1. The molecule has 7 nitrogen and oxygen atoms in total. The molecule has 23 heavy (non-hydrogen) atoms. The number of aliphatic carboxylic acids is 1. The summed E-state index contributed by atoms with van der Waals surface area (Å²) in [5.41, 5.74) is 7.04. The van der Waals surface area contributed by atoms with Crippen LogP contribution in [-0.2, 0) is 9.59 Å². The summed E-state index contributed by atoms with van der Waals surface area (Å²) < 4.78 is 5.12. The van der Waals surface area contributed by atoms with E-state index in [-0.39, 0.29) is 17.9 Å². The second-order valence-electron chi connectivity index (χ2n) is 5.97. The fourth-order valence-electron chi connectivity index (χ4n) is 2.55. The number of nitrogens with one attached hydrogen (secondary N) is 3. The summed E-state index contributed by atoms with van der Waals surface area (Å²) in [5.74, 6) is -0.737. The molecular weight excluding hydrogens is 298 g/mol. The lowest BCUT2D eigenvalue weighted by molar-refractivity contribution is -0.143. The minimum absolute atomic E-state index is 0.0148. The van der Waals surface area contributed by atoms with Crippen LogP contribution in [0.25, 0.3) is 0 Å². The van der Waals surface area contributed by atoms with E-state index in [2.05, 4.69) is 16.2 Å². The van der Waals surface area contributed by atoms with Crippen molar-refractivity contribution < 1.29 is 19.4 Å². The van der Waals surface area contributed by atoms with E-state index >= 15 is 0 Å². The normalized spacial score (nSPS) is 21.9. The number of amides is 1. The Morgan fingerprint density at radius 3 is 2.43 bits per heavy atom. The van der Waals surface area contributed by atoms with Crippen LogP contribution < -0.4 is 20.9 Å². The first-order valence-corrected chi connectivity index (χ1v) is 7.60. The lowest BCUT2D eigenvalue weighted by Crippen LogP contribution is -2.51. The predicted molar refractivity (Wildman–Crippen MR) is 84.8 cm³/mol. The Morgan fingerprint density at radius 2 is 1.91 bits per heavy atom. The summed E-state index contributed by atoms with van der Waals surface area (Å²) in [6.07, 6.45) is 0.544. The molecule has 126 valence electrons. The van der Waals surface area contributed by atoms with Crippen molar-refractivity contribution in [2.45, 2.75) is 38.4 Å². The Balaban J connectivity index is 1.95. The molecule has 2 rings (SSSR count). The number of rotatable bonds is 6. The molecule has 7 heteroatoms. The van der Waals surface area contributed by atoms with Gasteiger partial charge < -0.3 is 15.2 Å². The summed E-state index contributed by atoms with van der Waals surface area (Å²) >= 11 is 0. The number of carboxylic acid groups (broad SMARTS) is 1. The fourth-order valence-corrected chi connectivity index (χ4v) is 2.55. The van der Waals surface area contributed by atoms with Crippen LogP contribution in [0.5, 0.6) is 5.75 Å². The van der Waals surface area contributed by atoms with E-state index in [0.717, 1.165) is 11.3 Å². The van der Waals surface area contributed by atoms with Gasteiger partial charge in [-0.3, -0.25) is 4.79 Å². The number of carboxylic acids is 1. The molecule has 0 saturated carbocycles. The Hall–Kier alpha value is -2.12. The molecule has 0 radical (unpaired) electrons. The highest BCUT2D eigenvalue weighted by molar-refractivity contribution is 5.87. The van der Waals surface area contributed by atoms with Crippen molar-refractivity contribution in [1.82, 2.24) is 16.2 Å². The van der Waals surface area contributed by atoms with Gasteiger partial charge >= 0.3 is 5.97 Å². The average Bonchev–Trinajstić information content (AvgIpc) is 3.01. The third-order valence-electron chi connectivity index (χ3n) is 3.97. The highest BCUT2D eigenvalue weighted by Gasteiger charge is 2.33. The van der Waals surface area contributed by atoms with Crippen LogP contribution >= 0.6 is 0 Å². The van der Waals surface area contributed by atoms with E-state index < -0.39 is 18.1 Å². The van der Waals surface area contributed by atoms with E-state index in [1.54, 1.807) is 21.0 Å². The van der Waals surface area contributed by atoms with Gasteiger partial charge in [0, 0.05) is 6.04 Å². The van der Waals surface area contributed by atoms with E-state index in [4.69, 9.17) is 9.84 Å². The van der Waals surface area contributed by atoms with Crippen molar-refractivity contribution in [3.8, 4) is 5.75 Å². The summed E-state index contributed by atoms with van der Waals surface area (Å²) in [6, 6.07) is 6.23. The summed E-state index contributed by atoms with van der Waals surface area (Å²) in [5, 5.41) is 11.7. The van der Waals surface area contributed by atoms with Gasteiger partial charge in [0.05, 0.1) is 7.11 Å². The van der Waals surface area contributed by atoms with E-state index in [9.17, 15) is 9.59 Å². The van der Waals surface area contributed by atoms with Crippen molar-refractivity contribution in [1.29, 1.82) is 0 Å². The van der Waals surface area contributed by atoms with E-state index in [0.29, 0.717) is 6.42 Å². The van der Waals surface area contributed by atoms with Crippen molar-refractivity contribution in [3.63, 3.8) is 0 Å². The second kappa shape index (κ2) is 7.43. The van der Waals surface area contributed by atoms with Gasteiger partial charge in [-0.1, -0.05) is 26.0 Å². The molecule has 0 aromatic heterocycles. The van der Waals surface area contributed by atoms with Crippen molar-refractivity contribution >= 4 is 11.9 Å². The molecule has 0 aliphatic carbocycles. The minimum atomic E-state index is -1.02. The minimum Gasteiger partial charge on any atom is -0.497 e. The summed E-state index contributed by atoms with van der Waals surface area (Å²) in [4.78, 5) is 23.4. The molecular formula is C16H23N3O4. The number of methoxy groups -OCH3 is 1. The maximum absolute atomic E-state index is 12.2. The Bertz CT molecular complexity index is 559. The number of carbonyl (C=O) groups excluding carboxylic acids is 1. The van der Waals surface area contributed by atoms with E-state index in [1.807, 2.05) is 24.3 Å². The van der Waals surface area contributed by atoms with Crippen LogP contribution in [0.15, 0.2) is 24.3 Å². The average molecular weight is 321 g/mol. The lowest BCUT2D eigenvalue weighted by Gasteiger charge is -2.20. The largest absolute Gasteiger partial charge is 0.497 e. The number of ether oxygens (including phenoxy) is 1. The van der Waals surface area contributed by atoms with Crippen LogP contribution in [0.1, 0.15) is 31.9 Å². The van der Waals surface area contributed by atoms with E-state index in [1.165, 1.54) is 0 Å². The molecule has 1 saturated heterocycles. The smallest absolute Gasteiger partial charge is 0.326 e. The lowest BCUT2D eigenvalue weighted by atomic mass is 10.0. The maximum Gasteiger partial charge on any atom is 0.326 e. The predicted octanol–water partition coefficient (Wildman–Crippen LogP) is 0.828. The summed E-state index contributed by atoms with van der Waals surface area (Å²) in [7, 11) is 1.61.